The molecule has 0 radical (unpaired) electrons. The van der Waals surface area contributed by atoms with Crippen molar-refractivity contribution in [3.05, 3.63) is 53.1 Å². The number of rotatable bonds is 8. The molecule has 0 bridgehead atoms. The van der Waals surface area contributed by atoms with E-state index in [4.69, 9.17) is 15.2 Å². The summed E-state index contributed by atoms with van der Waals surface area (Å²) < 4.78 is 38.3. The predicted molar refractivity (Wildman–Crippen MR) is 110 cm³/mol. The summed E-state index contributed by atoms with van der Waals surface area (Å²) in [5.41, 5.74) is 7.55. The Morgan fingerprint density at radius 3 is 2.28 bits per heavy atom. The molecule has 1 amide bonds. The summed E-state index contributed by atoms with van der Waals surface area (Å²) in [6.07, 6.45) is 1.67. The fourth-order valence-corrected chi connectivity index (χ4v) is 4.93. The Balaban J connectivity index is 1.70. The first-order valence-corrected chi connectivity index (χ1v) is 11.0. The highest BCUT2D eigenvalue weighted by Crippen LogP contribution is 2.27. The van der Waals surface area contributed by atoms with Crippen LogP contribution in [0.3, 0.4) is 0 Å². The molecule has 0 saturated carbocycles. The topological polar surface area (TPSA) is 98.9 Å². The van der Waals surface area contributed by atoms with Crippen molar-refractivity contribution in [3.8, 4) is 11.5 Å². The van der Waals surface area contributed by atoms with E-state index >= 15 is 0 Å². The molecule has 2 aromatic carbocycles. The number of nitrogens with zero attached hydrogens (tertiary/aromatic N) is 1. The van der Waals surface area contributed by atoms with Crippen molar-refractivity contribution in [2.75, 3.05) is 26.3 Å². The number of hydrogen-bond donors (Lipinski definition) is 1. The quantitative estimate of drug-likeness (QED) is 0.665. The predicted octanol–water partition coefficient (Wildman–Crippen LogP) is 2.64. The van der Waals surface area contributed by atoms with Crippen molar-refractivity contribution in [1.82, 2.24) is 4.31 Å². The molecule has 29 heavy (non-hydrogen) atoms. The summed E-state index contributed by atoms with van der Waals surface area (Å²) in [4.78, 5) is 11.9. The maximum atomic E-state index is 12.7. The zero-order valence-electron chi connectivity index (χ0n) is 16.7. The molecule has 156 valence electrons. The lowest BCUT2D eigenvalue weighted by molar-refractivity contribution is 0.0995. The van der Waals surface area contributed by atoms with Crippen molar-refractivity contribution < 1.29 is 22.7 Å². The van der Waals surface area contributed by atoms with Gasteiger partial charge in [0.25, 0.3) is 5.91 Å². The summed E-state index contributed by atoms with van der Waals surface area (Å²) in [6, 6.07) is 10.1. The number of aryl methyl sites for hydroxylation is 2. The van der Waals surface area contributed by atoms with Crippen molar-refractivity contribution in [2.45, 2.75) is 31.6 Å². The van der Waals surface area contributed by atoms with E-state index in [0.29, 0.717) is 13.1 Å². The molecule has 1 aliphatic heterocycles. The van der Waals surface area contributed by atoms with Crippen LogP contribution in [-0.4, -0.2) is 44.9 Å². The Labute approximate surface area is 171 Å². The summed E-state index contributed by atoms with van der Waals surface area (Å²) in [7, 11) is -3.64. The molecule has 8 heteroatoms. The molecule has 2 N–H and O–H groups in total. The Morgan fingerprint density at radius 1 is 1.03 bits per heavy atom. The number of para-hydroxylation sites is 1. The lowest BCUT2D eigenvalue weighted by atomic mass is 10.1. The lowest BCUT2D eigenvalue weighted by Crippen LogP contribution is -2.28. The Kier molecular flexibility index (Phi) is 6.44. The third-order valence-corrected chi connectivity index (χ3v) is 6.81. The van der Waals surface area contributed by atoms with Gasteiger partial charge in [0, 0.05) is 13.1 Å². The average Bonchev–Trinajstić information content (AvgIpc) is 3.22. The largest absolute Gasteiger partial charge is 0.489 e. The monoisotopic (exact) mass is 418 g/mol. The highest BCUT2D eigenvalue weighted by Gasteiger charge is 2.28. The Hall–Kier alpha value is -2.58. The van der Waals surface area contributed by atoms with E-state index in [1.54, 1.807) is 0 Å². The van der Waals surface area contributed by atoms with Crippen molar-refractivity contribution >= 4 is 15.9 Å². The average molecular weight is 419 g/mol. The van der Waals surface area contributed by atoms with Crippen LogP contribution in [0.15, 0.2) is 41.3 Å². The lowest BCUT2D eigenvalue weighted by Gasteiger charge is -2.17. The van der Waals surface area contributed by atoms with E-state index in [1.807, 2.05) is 32.0 Å². The van der Waals surface area contributed by atoms with Crippen LogP contribution in [0, 0.1) is 13.8 Å². The second-order valence-electron chi connectivity index (χ2n) is 7.05. The number of ether oxygens (including phenoxy) is 2. The van der Waals surface area contributed by atoms with Crippen LogP contribution >= 0.6 is 0 Å². The van der Waals surface area contributed by atoms with Crippen LogP contribution in [0.4, 0.5) is 0 Å². The molecule has 1 heterocycles. The third-order valence-electron chi connectivity index (χ3n) is 4.92. The molecule has 2 aromatic rings. The summed E-state index contributed by atoms with van der Waals surface area (Å²) in [5, 5.41) is 0. The number of nitrogens with two attached hydrogens (primary N) is 1. The van der Waals surface area contributed by atoms with Crippen LogP contribution in [0.25, 0.3) is 0 Å². The number of primary amides is 1. The maximum Gasteiger partial charge on any atom is 0.252 e. The molecule has 1 aliphatic rings. The molecule has 0 aliphatic carbocycles. The number of benzene rings is 2. The zero-order valence-corrected chi connectivity index (χ0v) is 17.5. The molecule has 0 spiro atoms. The SMILES string of the molecule is Cc1cccc(C)c1OCCOc1ccc(S(=O)(=O)N2CCCC2)cc1C(N)=O. The fourth-order valence-electron chi connectivity index (χ4n) is 3.39. The van der Waals surface area contributed by atoms with Crippen molar-refractivity contribution in [2.24, 2.45) is 5.73 Å². The van der Waals surface area contributed by atoms with Gasteiger partial charge >= 0.3 is 0 Å². The van der Waals surface area contributed by atoms with Crippen LogP contribution in [0.1, 0.15) is 34.3 Å². The maximum absolute atomic E-state index is 12.7. The molecular formula is C21H26N2O5S. The van der Waals surface area contributed by atoms with Crippen LogP contribution in [0.5, 0.6) is 11.5 Å². The van der Waals surface area contributed by atoms with Gasteiger partial charge in [0.2, 0.25) is 10.0 Å². The number of sulfonamides is 1. The normalized spacial score (nSPS) is 14.7. The first-order chi connectivity index (χ1) is 13.8. The van der Waals surface area contributed by atoms with Gasteiger partial charge in [0.1, 0.15) is 24.7 Å². The van der Waals surface area contributed by atoms with Crippen LogP contribution in [-0.2, 0) is 10.0 Å². The molecular weight excluding hydrogens is 392 g/mol. The number of carbonyl (C=O) groups excluding carboxylic acids is 1. The molecule has 1 saturated heterocycles. The minimum absolute atomic E-state index is 0.0392. The highest BCUT2D eigenvalue weighted by atomic mass is 32.2. The first kappa shape index (κ1) is 21.1. The van der Waals surface area contributed by atoms with Gasteiger partial charge in [0.15, 0.2) is 0 Å². The molecule has 1 fully saturated rings. The van der Waals surface area contributed by atoms with Gasteiger partial charge in [-0.1, -0.05) is 18.2 Å². The second kappa shape index (κ2) is 8.84. The molecule has 0 aromatic heterocycles. The van der Waals surface area contributed by atoms with Gasteiger partial charge in [-0.25, -0.2) is 8.42 Å². The Bertz CT molecular complexity index is 978. The van der Waals surface area contributed by atoms with Gasteiger partial charge in [-0.05, 0) is 56.0 Å². The van der Waals surface area contributed by atoms with Gasteiger partial charge in [-0.3, -0.25) is 4.79 Å². The minimum Gasteiger partial charge on any atom is -0.489 e. The highest BCUT2D eigenvalue weighted by molar-refractivity contribution is 7.89. The number of carbonyl (C=O) groups is 1. The van der Waals surface area contributed by atoms with Crippen molar-refractivity contribution in [3.63, 3.8) is 0 Å². The standard InChI is InChI=1S/C21H26N2O5S/c1-15-6-5-7-16(2)20(15)28-13-12-27-19-9-8-17(14-18(19)21(22)24)29(25,26)23-10-3-4-11-23/h5-9,14H,3-4,10-13H2,1-2H3,(H2,22,24). The summed E-state index contributed by atoms with van der Waals surface area (Å²) in [5.74, 6) is 0.301. The fraction of sp³-hybridized carbons (Fsp3) is 0.381. The Morgan fingerprint density at radius 2 is 1.66 bits per heavy atom. The van der Waals surface area contributed by atoms with Gasteiger partial charge < -0.3 is 15.2 Å². The van der Waals surface area contributed by atoms with E-state index in [2.05, 4.69) is 0 Å². The van der Waals surface area contributed by atoms with E-state index in [9.17, 15) is 13.2 Å². The molecule has 7 nitrogen and oxygen atoms in total. The smallest absolute Gasteiger partial charge is 0.252 e. The van der Waals surface area contributed by atoms with Gasteiger partial charge in [0.05, 0.1) is 10.5 Å². The van der Waals surface area contributed by atoms with E-state index in [0.717, 1.165) is 29.7 Å². The van der Waals surface area contributed by atoms with Gasteiger partial charge in [-0.15, -0.1) is 0 Å². The third kappa shape index (κ3) is 4.71. The summed E-state index contributed by atoms with van der Waals surface area (Å²) in [6.45, 7) is 5.37. The van der Waals surface area contributed by atoms with Crippen LogP contribution < -0.4 is 15.2 Å². The number of amides is 1. The van der Waals surface area contributed by atoms with E-state index in [-0.39, 0.29) is 29.4 Å². The molecule has 0 atom stereocenters. The van der Waals surface area contributed by atoms with E-state index < -0.39 is 15.9 Å². The van der Waals surface area contributed by atoms with Crippen LogP contribution in [0.2, 0.25) is 0 Å². The second-order valence-corrected chi connectivity index (χ2v) is 8.99. The molecule has 3 rings (SSSR count). The molecule has 0 unspecified atom stereocenters. The van der Waals surface area contributed by atoms with Crippen molar-refractivity contribution in [1.29, 1.82) is 0 Å². The number of hydrogen-bond acceptors (Lipinski definition) is 5. The van der Waals surface area contributed by atoms with E-state index in [1.165, 1.54) is 22.5 Å². The zero-order chi connectivity index (χ0) is 21.0. The first-order valence-electron chi connectivity index (χ1n) is 9.56. The van der Waals surface area contributed by atoms with Gasteiger partial charge in [-0.2, -0.15) is 4.31 Å². The minimum atomic E-state index is -3.64. The summed E-state index contributed by atoms with van der Waals surface area (Å²) >= 11 is 0.